The zero-order valence-corrected chi connectivity index (χ0v) is 10.2. The summed E-state index contributed by atoms with van der Waals surface area (Å²) in [6.45, 7) is 2.72. The first-order chi connectivity index (χ1) is 8.17. The van der Waals surface area contributed by atoms with E-state index in [-0.39, 0.29) is 6.04 Å². The van der Waals surface area contributed by atoms with Crippen LogP contribution in [0.25, 0.3) is 0 Å². The van der Waals surface area contributed by atoms with Crippen LogP contribution in [-0.2, 0) is 13.6 Å². The summed E-state index contributed by atoms with van der Waals surface area (Å²) in [5, 5.41) is 12.1. The molecule has 0 aromatic carbocycles. The average molecular weight is 236 g/mol. The van der Waals surface area contributed by atoms with Gasteiger partial charge in [-0.05, 0) is 6.92 Å². The summed E-state index contributed by atoms with van der Waals surface area (Å²) in [6, 6.07) is 1.47. The second-order valence-corrected chi connectivity index (χ2v) is 3.69. The lowest BCUT2D eigenvalue weighted by atomic mass is 10.1. The second-order valence-electron chi connectivity index (χ2n) is 3.69. The molecule has 2 rings (SSSR count). The molecule has 7 nitrogen and oxygen atoms in total. The van der Waals surface area contributed by atoms with E-state index in [9.17, 15) is 0 Å². The van der Waals surface area contributed by atoms with E-state index in [1.807, 2.05) is 20.0 Å². The molecule has 17 heavy (non-hydrogen) atoms. The minimum atomic E-state index is -0.347. The Bertz CT molecular complexity index is 503. The molecule has 0 saturated heterocycles. The lowest BCUT2D eigenvalue weighted by Gasteiger charge is -2.09. The number of hydrogen-bond acceptors (Lipinski definition) is 5. The van der Waals surface area contributed by atoms with Crippen molar-refractivity contribution in [2.24, 2.45) is 12.8 Å². The molecule has 7 heteroatoms. The van der Waals surface area contributed by atoms with E-state index in [1.165, 1.54) is 0 Å². The number of aromatic nitrogens is 5. The Balaban J connectivity index is 2.33. The van der Waals surface area contributed by atoms with Crippen LogP contribution in [0.3, 0.4) is 0 Å². The lowest BCUT2D eigenvalue weighted by Crippen LogP contribution is -2.17. The van der Waals surface area contributed by atoms with Gasteiger partial charge in [-0.2, -0.15) is 5.10 Å². The topological polar surface area (TPSA) is 83.8 Å². The normalized spacial score (nSPS) is 12.7. The SMILES string of the molecule is CCn1nncc1C(N)c1cc(OC)n(C)n1. The van der Waals surface area contributed by atoms with Gasteiger partial charge in [0.25, 0.3) is 0 Å². The van der Waals surface area contributed by atoms with Crippen LogP contribution < -0.4 is 10.5 Å². The van der Waals surface area contributed by atoms with Crippen molar-refractivity contribution >= 4 is 0 Å². The predicted octanol–water partition coefficient (Wildman–Crippen LogP) is 0.0882. The molecule has 0 spiro atoms. The molecule has 0 aliphatic rings. The van der Waals surface area contributed by atoms with Gasteiger partial charge in [0.15, 0.2) is 0 Å². The standard InChI is InChI=1S/C10H16N6O/c1-4-16-8(6-12-14-16)10(11)7-5-9(17-3)15(2)13-7/h5-6,10H,4,11H2,1-3H3. The number of methoxy groups -OCH3 is 1. The number of aryl methyl sites for hydroxylation is 2. The molecular weight excluding hydrogens is 220 g/mol. The van der Waals surface area contributed by atoms with E-state index < -0.39 is 0 Å². The summed E-state index contributed by atoms with van der Waals surface area (Å²) in [4.78, 5) is 0. The van der Waals surface area contributed by atoms with Crippen LogP contribution in [0.1, 0.15) is 24.4 Å². The summed E-state index contributed by atoms with van der Waals surface area (Å²) in [7, 11) is 3.41. The smallest absolute Gasteiger partial charge is 0.211 e. The molecule has 0 saturated carbocycles. The fourth-order valence-electron chi connectivity index (χ4n) is 1.72. The zero-order chi connectivity index (χ0) is 12.4. The summed E-state index contributed by atoms with van der Waals surface area (Å²) >= 11 is 0. The van der Waals surface area contributed by atoms with Crippen LogP contribution in [0.2, 0.25) is 0 Å². The van der Waals surface area contributed by atoms with E-state index in [0.717, 1.165) is 17.9 Å². The van der Waals surface area contributed by atoms with Gasteiger partial charge in [0.05, 0.1) is 30.7 Å². The summed E-state index contributed by atoms with van der Waals surface area (Å²) in [5.74, 6) is 0.672. The van der Waals surface area contributed by atoms with Crippen LogP contribution >= 0.6 is 0 Å². The van der Waals surface area contributed by atoms with E-state index in [2.05, 4.69) is 15.4 Å². The van der Waals surface area contributed by atoms with Gasteiger partial charge >= 0.3 is 0 Å². The Morgan fingerprint density at radius 2 is 2.29 bits per heavy atom. The first-order valence-electron chi connectivity index (χ1n) is 5.39. The van der Waals surface area contributed by atoms with Crippen LogP contribution in [-0.4, -0.2) is 31.9 Å². The van der Waals surface area contributed by atoms with Crippen LogP contribution in [0.5, 0.6) is 5.88 Å². The third kappa shape index (κ3) is 2.01. The summed E-state index contributed by atoms with van der Waals surface area (Å²) in [5.41, 5.74) is 7.72. The van der Waals surface area contributed by atoms with Crippen molar-refractivity contribution < 1.29 is 4.74 Å². The average Bonchev–Trinajstić information content (AvgIpc) is 2.93. The molecule has 0 fully saturated rings. The van der Waals surface area contributed by atoms with E-state index >= 15 is 0 Å². The number of nitrogens with zero attached hydrogens (tertiary/aromatic N) is 5. The van der Waals surface area contributed by atoms with Crippen LogP contribution in [0, 0.1) is 0 Å². The van der Waals surface area contributed by atoms with Gasteiger partial charge in [0.1, 0.15) is 0 Å². The van der Waals surface area contributed by atoms with Gasteiger partial charge in [-0.1, -0.05) is 5.21 Å². The maximum absolute atomic E-state index is 6.14. The van der Waals surface area contributed by atoms with Crippen molar-refractivity contribution in [3.05, 3.63) is 23.7 Å². The molecule has 0 aliphatic heterocycles. The first-order valence-corrected chi connectivity index (χ1v) is 5.39. The zero-order valence-electron chi connectivity index (χ0n) is 10.2. The Labute approximate surface area is 99.2 Å². The molecule has 0 bridgehead atoms. The van der Waals surface area contributed by atoms with Crippen molar-refractivity contribution in [1.82, 2.24) is 24.8 Å². The third-order valence-corrected chi connectivity index (χ3v) is 2.65. The van der Waals surface area contributed by atoms with E-state index in [1.54, 1.807) is 22.7 Å². The van der Waals surface area contributed by atoms with Crippen molar-refractivity contribution in [3.63, 3.8) is 0 Å². The van der Waals surface area contributed by atoms with Gasteiger partial charge in [0, 0.05) is 19.7 Å². The highest BCUT2D eigenvalue weighted by Crippen LogP contribution is 2.21. The molecule has 0 radical (unpaired) electrons. The molecule has 92 valence electrons. The maximum Gasteiger partial charge on any atom is 0.211 e. The predicted molar refractivity (Wildman–Crippen MR) is 61.5 cm³/mol. The highest BCUT2D eigenvalue weighted by molar-refractivity contribution is 5.24. The van der Waals surface area contributed by atoms with Gasteiger partial charge < -0.3 is 10.5 Å². The summed E-state index contributed by atoms with van der Waals surface area (Å²) in [6.07, 6.45) is 1.66. The Hall–Kier alpha value is -1.89. The first kappa shape index (κ1) is 11.6. The quantitative estimate of drug-likeness (QED) is 0.813. The van der Waals surface area contributed by atoms with Crippen LogP contribution in [0.4, 0.5) is 0 Å². The lowest BCUT2D eigenvalue weighted by molar-refractivity contribution is 0.373. The number of ether oxygens (including phenoxy) is 1. The second kappa shape index (κ2) is 4.54. The van der Waals surface area contributed by atoms with Crippen molar-refractivity contribution in [3.8, 4) is 5.88 Å². The minimum absolute atomic E-state index is 0.347. The molecule has 2 N–H and O–H groups in total. The Kier molecular flexibility index (Phi) is 3.10. The Morgan fingerprint density at radius 1 is 1.53 bits per heavy atom. The largest absolute Gasteiger partial charge is 0.481 e. The van der Waals surface area contributed by atoms with Crippen LogP contribution in [0.15, 0.2) is 12.3 Å². The highest BCUT2D eigenvalue weighted by atomic mass is 16.5. The van der Waals surface area contributed by atoms with Gasteiger partial charge in [-0.15, -0.1) is 5.10 Å². The molecular formula is C10H16N6O. The molecule has 2 aromatic rings. The van der Waals surface area contributed by atoms with Gasteiger partial charge in [0.2, 0.25) is 5.88 Å². The summed E-state index contributed by atoms with van der Waals surface area (Å²) < 4.78 is 8.56. The molecule has 0 aliphatic carbocycles. The molecule has 0 amide bonds. The van der Waals surface area contributed by atoms with E-state index in [0.29, 0.717) is 5.88 Å². The fourth-order valence-corrected chi connectivity index (χ4v) is 1.72. The number of nitrogens with two attached hydrogens (primary N) is 1. The molecule has 1 unspecified atom stereocenters. The highest BCUT2D eigenvalue weighted by Gasteiger charge is 2.18. The van der Waals surface area contributed by atoms with Gasteiger partial charge in [-0.3, -0.25) is 0 Å². The maximum atomic E-state index is 6.14. The monoisotopic (exact) mass is 236 g/mol. The minimum Gasteiger partial charge on any atom is -0.481 e. The molecule has 2 heterocycles. The fraction of sp³-hybridized carbons (Fsp3) is 0.500. The van der Waals surface area contributed by atoms with E-state index in [4.69, 9.17) is 10.5 Å². The molecule has 1 atom stereocenters. The Morgan fingerprint density at radius 3 is 2.88 bits per heavy atom. The molecule has 2 aromatic heterocycles. The number of rotatable bonds is 4. The van der Waals surface area contributed by atoms with Crippen molar-refractivity contribution in [2.45, 2.75) is 19.5 Å². The van der Waals surface area contributed by atoms with Gasteiger partial charge in [-0.25, -0.2) is 9.36 Å². The third-order valence-electron chi connectivity index (χ3n) is 2.65. The van der Waals surface area contributed by atoms with Crippen molar-refractivity contribution in [1.29, 1.82) is 0 Å². The number of hydrogen-bond donors (Lipinski definition) is 1. The van der Waals surface area contributed by atoms with Crippen molar-refractivity contribution in [2.75, 3.05) is 7.11 Å².